The SMILES string of the molecule is Cc1ccc(N(Cc2ccco2)C(=O)CSC(C)C(=O)Nc2cc(C)on2)cc1. The van der Waals surface area contributed by atoms with Crippen molar-refractivity contribution in [1.29, 1.82) is 0 Å². The predicted octanol–water partition coefficient (Wildman–Crippen LogP) is 4.18. The van der Waals surface area contributed by atoms with E-state index in [1.165, 1.54) is 11.8 Å². The van der Waals surface area contributed by atoms with Crippen LogP contribution in [0, 0.1) is 13.8 Å². The third kappa shape index (κ3) is 5.74. The van der Waals surface area contributed by atoms with Crippen LogP contribution in [0.2, 0.25) is 0 Å². The fourth-order valence-electron chi connectivity index (χ4n) is 2.61. The molecule has 1 N–H and O–H groups in total. The molecule has 0 aliphatic rings. The number of aryl methyl sites for hydroxylation is 2. The molecular weight excluding hydrogens is 390 g/mol. The number of benzene rings is 1. The van der Waals surface area contributed by atoms with Crippen LogP contribution in [0.15, 0.2) is 57.7 Å². The van der Waals surface area contributed by atoms with Gasteiger partial charge in [0.25, 0.3) is 0 Å². The molecule has 1 unspecified atom stereocenters. The molecule has 0 fully saturated rings. The average Bonchev–Trinajstić information content (AvgIpc) is 3.36. The summed E-state index contributed by atoms with van der Waals surface area (Å²) in [5, 5.41) is 6.00. The smallest absolute Gasteiger partial charge is 0.238 e. The summed E-state index contributed by atoms with van der Waals surface area (Å²) in [6.45, 7) is 5.82. The van der Waals surface area contributed by atoms with Crippen LogP contribution in [-0.2, 0) is 16.1 Å². The Morgan fingerprint density at radius 2 is 1.97 bits per heavy atom. The highest BCUT2D eigenvalue weighted by Gasteiger charge is 2.21. The summed E-state index contributed by atoms with van der Waals surface area (Å²) >= 11 is 1.27. The van der Waals surface area contributed by atoms with Crippen molar-refractivity contribution in [2.24, 2.45) is 0 Å². The Labute approximate surface area is 173 Å². The van der Waals surface area contributed by atoms with Crippen LogP contribution in [0.4, 0.5) is 11.5 Å². The first-order valence-corrected chi connectivity index (χ1v) is 10.2. The topological polar surface area (TPSA) is 88.6 Å². The fraction of sp³-hybridized carbons (Fsp3) is 0.286. The largest absolute Gasteiger partial charge is 0.467 e. The minimum atomic E-state index is -0.431. The lowest BCUT2D eigenvalue weighted by Crippen LogP contribution is -2.33. The summed E-state index contributed by atoms with van der Waals surface area (Å²) in [7, 11) is 0. The molecule has 2 heterocycles. The van der Waals surface area contributed by atoms with Crippen molar-refractivity contribution in [2.75, 3.05) is 16.0 Å². The van der Waals surface area contributed by atoms with E-state index < -0.39 is 5.25 Å². The summed E-state index contributed by atoms with van der Waals surface area (Å²) in [5.74, 6) is 1.49. The third-order valence-electron chi connectivity index (χ3n) is 4.25. The molecule has 3 aromatic rings. The second kappa shape index (κ2) is 9.47. The minimum Gasteiger partial charge on any atom is -0.467 e. The highest BCUT2D eigenvalue weighted by molar-refractivity contribution is 8.01. The predicted molar refractivity (Wildman–Crippen MR) is 113 cm³/mol. The van der Waals surface area contributed by atoms with Gasteiger partial charge < -0.3 is 19.2 Å². The number of nitrogens with zero attached hydrogens (tertiary/aromatic N) is 2. The normalized spacial score (nSPS) is 11.8. The molecule has 152 valence electrons. The van der Waals surface area contributed by atoms with Gasteiger partial charge in [-0.15, -0.1) is 11.8 Å². The first-order chi connectivity index (χ1) is 13.9. The van der Waals surface area contributed by atoms with Gasteiger partial charge in [0, 0.05) is 11.8 Å². The summed E-state index contributed by atoms with van der Waals surface area (Å²) in [6, 6.07) is 13.0. The Bertz CT molecular complexity index is 951. The molecule has 0 spiro atoms. The van der Waals surface area contributed by atoms with Crippen molar-refractivity contribution in [3.8, 4) is 0 Å². The zero-order valence-corrected chi connectivity index (χ0v) is 17.4. The van der Waals surface area contributed by atoms with E-state index in [4.69, 9.17) is 8.94 Å². The third-order valence-corrected chi connectivity index (χ3v) is 5.37. The van der Waals surface area contributed by atoms with Gasteiger partial charge in [0.15, 0.2) is 5.82 Å². The quantitative estimate of drug-likeness (QED) is 0.596. The van der Waals surface area contributed by atoms with E-state index in [2.05, 4.69) is 10.5 Å². The van der Waals surface area contributed by atoms with Crippen LogP contribution in [0.1, 0.15) is 24.0 Å². The number of thioether (sulfide) groups is 1. The number of rotatable bonds is 8. The molecule has 29 heavy (non-hydrogen) atoms. The van der Waals surface area contributed by atoms with Crippen molar-refractivity contribution < 1.29 is 18.5 Å². The fourth-order valence-corrected chi connectivity index (χ4v) is 3.37. The van der Waals surface area contributed by atoms with Crippen molar-refractivity contribution >= 4 is 35.1 Å². The molecule has 1 atom stereocenters. The number of carbonyl (C=O) groups excluding carboxylic acids is 2. The van der Waals surface area contributed by atoms with E-state index in [-0.39, 0.29) is 17.6 Å². The number of amides is 2. The highest BCUT2D eigenvalue weighted by atomic mass is 32.2. The van der Waals surface area contributed by atoms with Crippen molar-refractivity contribution in [1.82, 2.24) is 5.16 Å². The maximum Gasteiger partial charge on any atom is 0.238 e. The van der Waals surface area contributed by atoms with Gasteiger partial charge in [-0.3, -0.25) is 9.59 Å². The number of nitrogens with one attached hydrogen (secondary N) is 1. The second-order valence-corrected chi connectivity index (χ2v) is 7.99. The highest BCUT2D eigenvalue weighted by Crippen LogP contribution is 2.21. The van der Waals surface area contributed by atoms with Gasteiger partial charge >= 0.3 is 0 Å². The van der Waals surface area contributed by atoms with Crippen molar-refractivity contribution in [2.45, 2.75) is 32.6 Å². The molecule has 0 saturated carbocycles. The lowest BCUT2D eigenvalue weighted by Gasteiger charge is -2.22. The van der Waals surface area contributed by atoms with Gasteiger partial charge in [-0.25, -0.2) is 0 Å². The molecule has 0 saturated heterocycles. The molecule has 1 aromatic carbocycles. The van der Waals surface area contributed by atoms with Gasteiger partial charge in [0.1, 0.15) is 11.5 Å². The Morgan fingerprint density at radius 3 is 2.59 bits per heavy atom. The van der Waals surface area contributed by atoms with Crippen molar-refractivity contribution in [3.05, 3.63) is 65.8 Å². The first kappa shape index (κ1) is 20.7. The zero-order valence-electron chi connectivity index (χ0n) is 16.5. The van der Waals surface area contributed by atoms with Gasteiger partial charge in [0.05, 0.1) is 23.8 Å². The van der Waals surface area contributed by atoms with Crippen LogP contribution in [0.3, 0.4) is 0 Å². The Hall–Kier alpha value is -3.00. The number of hydrogen-bond acceptors (Lipinski definition) is 6. The molecule has 0 aliphatic carbocycles. The van der Waals surface area contributed by atoms with E-state index in [9.17, 15) is 9.59 Å². The van der Waals surface area contributed by atoms with Crippen molar-refractivity contribution in [3.63, 3.8) is 0 Å². The molecule has 2 aromatic heterocycles. The monoisotopic (exact) mass is 413 g/mol. The Balaban J connectivity index is 1.62. The van der Waals surface area contributed by atoms with E-state index in [0.717, 1.165) is 11.3 Å². The minimum absolute atomic E-state index is 0.104. The number of furan rings is 1. The van der Waals surface area contributed by atoms with Crippen LogP contribution >= 0.6 is 11.8 Å². The van der Waals surface area contributed by atoms with E-state index in [1.807, 2.05) is 37.3 Å². The standard InChI is InChI=1S/C21H23N3O4S/c1-14-6-8-17(9-7-14)24(12-18-5-4-10-27-18)20(25)13-29-16(3)21(26)22-19-11-15(2)28-23-19/h4-11,16H,12-13H2,1-3H3,(H,22,23,26). The first-order valence-electron chi connectivity index (χ1n) is 9.17. The second-order valence-electron chi connectivity index (χ2n) is 6.66. The molecule has 0 aliphatic heterocycles. The number of carbonyl (C=O) groups is 2. The average molecular weight is 413 g/mol. The van der Waals surface area contributed by atoms with E-state index in [1.54, 1.807) is 37.1 Å². The maximum atomic E-state index is 12.9. The van der Waals surface area contributed by atoms with Gasteiger partial charge in [0.2, 0.25) is 11.8 Å². The maximum absolute atomic E-state index is 12.9. The molecule has 7 nitrogen and oxygen atoms in total. The molecule has 8 heteroatoms. The molecule has 0 radical (unpaired) electrons. The van der Waals surface area contributed by atoms with Gasteiger partial charge in [-0.2, -0.15) is 0 Å². The summed E-state index contributed by atoms with van der Waals surface area (Å²) < 4.78 is 10.4. The number of anilines is 2. The summed E-state index contributed by atoms with van der Waals surface area (Å²) in [6.07, 6.45) is 1.58. The molecule has 0 bridgehead atoms. The zero-order chi connectivity index (χ0) is 20.8. The number of aromatic nitrogens is 1. The summed E-state index contributed by atoms with van der Waals surface area (Å²) in [5.41, 5.74) is 1.90. The van der Waals surface area contributed by atoms with Gasteiger partial charge in [-0.1, -0.05) is 22.9 Å². The van der Waals surface area contributed by atoms with Crippen LogP contribution in [0.25, 0.3) is 0 Å². The Kier molecular flexibility index (Phi) is 6.77. The van der Waals surface area contributed by atoms with Crippen LogP contribution in [0.5, 0.6) is 0 Å². The van der Waals surface area contributed by atoms with Crippen LogP contribution < -0.4 is 10.2 Å². The molecule has 2 amide bonds. The van der Waals surface area contributed by atoms with Gasteiger partial charge in [-0.05, 0) is 45.0 Å². The van der Waals surface area contributed by atoms with E-state index >= 15 is 0 Å². The van der Waals surface area contributed by atoms with E-state index in [0.29, 0.717) is 23.9 Å². The molecule has 3 rings (SSSR count). The Morgan fingerprint density at radius 1 is 1.21 bits per heavy atom. The molecular formula is C21H23N3O4S. The van der Waals surface area contributed by atoms with Crippen LogP contribution in [-0.4, -0.2) is 28.0 Å². The summed E-state index contributed by atoms with van der Waals surface area (Å²) in [4.78, 5) is 26.9. The lowest BCUT2D eigenvalue weighted by molar-refractivity contribution is -0.116. The lowest BCUT2D eigenvalue weighted by atomic mass is 10.2. The number of hydrogen-bond donors (Lipinski definition) is 1.